The Morgan fingerprint density at radius 3 is 2.50 bits per heavy atom. The van der Waals surface area contributed by atoms with Gasteiger partial charge in [-0.25, -0.2) is 9.67 Å². The Bertz CT molecular complexity index is 1160. The Hall–Kier alpha value is -3.13. The summed E-state index contributed by atoms with van der Waals surface area (Å²) < 4.78 is 48.5. The summed E-state index contributed by atoms with van der Waals surface area (Å²) >= 11 is 3.42. The second-order valence-electron chi connectivity index (χ2n) is 6.42. The van der Waals surface area contributed by atoms with Crippen LogP contribution in [0, 0.1) is 0 Å². The van der Waals surface area contributed by atoms with Crippen LogP contribution in [0.2, 0.25) is 0 Å². The monoisotopic (exact) mass is 473 g/mol. The molecule has 0 N–H and O–H groups in total. The molecule has 0 aliphatic heterocycles. The molecule has 0 bridgehead atoms. The van der Waals surface area contributed by atoms with Gasteiger partial charge in [0.05, 0.1) is 11.9 Å². The molecule has 0 saturated carbocycles. The number of alkyl halides is 3. The first-order valence-corrected chi connectivity index (χ1v) is 9.76. The topological polar surface area (TPSA) is 39.9 Å². The van der Waals surface area contributed by atoms with Crippen molar-refractivity contribution < 1.29 is 17.9 Å². The molecule has 4 nitrogen and oxygen atoms in total. The van der Waals surface area contributed by atoms with Gasteiger partial charge in [-0.15, -0.1) is 0 Å². The number of benzene rings is 2. The first-order valence-electron chi connectivity index (χ1n) is 8.97. The van der Waals surface area contributed by atoms with E-state index in [2.05, 4.69) is 26.0 Å². The van der Waals surface area contributed by atoms with Gasteiger partial charge in [0.2, 0.25) is 0 Å². The van der Waals surface area contributed by atoms with E-state index >= 15 is 0 Å². The van der Waals surface area contributed by atoms with E-state index in [-0.39, 0.29) is 5.82 Å². The maximum atomic E-state index is 13.5. The van der Waals surface area contributed by atoms with Gasteiger partial charge >= 0.3 is 6.18 Å². The molecule has 0 saturated heterocycles. The highest BCUT2D eigenvalue weighted by atomic mass is 79.9. The normalized spacial score (nSPS) is 11.5. The van der Waals surface area contributed by atoms with Crippen molar-refractivity contribution in [2.75, 3.05) is 0 Å². The van der Waals surface area contributed by atoms with E-state index in [1.807, 2.05) is 36.4 Å². The van der Waals surface area contributed by atoms with Crippen LogP contribution in [0.25, 0.3) is 17.1 Å². The maximum Gasteiger partial charge on any atom is 0.420 e. The van der Waals surface area contributed by atoms with Gasteiger partial charge in [-0.05, 0) is 42.0 Å². The molecule has 4 aromatic rings. The van der Waals surface area contributed by atoms with Gasteiger partial charge in [0.1, 0.15) is 17.9 Å². The molecule has 0 unspecified atom stereocenters. The van der Waals surface area contributed by atoms with Crippen molar-refractivity contribution in [2.24, 2.45) is 0 Å². The maximum absolute atomic E-state index is 13.5. The summed E-state index contributed by atoms with van der Waals surface area (Å²) in [6.07, 6.45) is -1.81. The fourth-order valence-corrected chi connectivity index (χ4v) is 3.39. The van der Waals surface area contributed by atoms with Gasteiger partial charge in [0, 0.05) is 16.2 Å². The SMILES string of the molecule is FC(F)(F)c1cccnc1-n1nccc1-c1cc(Br)ccc1OCc1ccccc1. The standard InChI is InChI=1S/C22H15BrF3N3O/c23-16-8-9-20(30-14-15-5-2-1-3-6-15)17(13-16)19-10-12-28-29(19)21-18(22(24,25)26)7-4-11-27-21/h1-13H,14H2. The Labute approximate surface area is 179 Å². The fraction of sp³-hybridized carbons (Fsp3) is 0.0909. The summed E-state index contributed by atoms with van der Waals surface area (Å²) in [5.41, 5.74) is 1.14. The van der Waals surface area contributed by atoms with Crippen LogP contribution < -0.4 is 4.74 Å². The quantitative estimate of drug-likeness (QED) is 0.341. The predicted molar refractivity (Wildman–Crippen MR) is 110 cm³/mol. The number of nitrogens with zero attached hydrogens (tertiary/aromatic N) is 3. The third kappa shape index (κ3) is 4.23. The lowest BCUT2D eigenvalue weighted by molar-refractivity contribution is -0.137. The summed E-state index contributed by atoms with van der Waals surface area (Å²) in [4.78, 5) is 3.95. The molecule has 152 valence electrons. The molecule has 2 aromatic heterocycles. The smallest absolute Gasteiger partial charge is 0.420 e. The molecule has 0 fully saturated rings. The van der Waals surface area contributed by atoms with Crippen molar-refractivity contribution in [3.63, 3.8) is 0 Å². The minimum absolute atomic E-state index is 0.293. The van der Waals surface area contributed by atoms with Crippen molar-refractivity contribution in [1.82, 2.24) is 14.8 Å². The van der Waals surface area contributed by atoms with Gasteiger partial charge in [-0.2, -0.15) is 18.3 Å². The lowest BCUT2D eigenvalue weighted by Crippen LogP contribution is -2.13. The lowest BCUT2D eigenvalue weighted by atomic mass is 10.1. The van der Waals surface area contributed by atoms with Crippen LogP contribution in [0.4, 0.5) is 13.2 Å². The van der Waals surface area contributed by atoms with E-state index in [4.69, 9.17) is 4.74 Å². The molecule has 0 aliphatic carbocycles. The fourth-order valence-electron chi connectivity index (χ4n) is 3.03. The van der Waals surface area contributed by atoms with E-state index in [0.717, 1.165) is 16.1 Å². The molecule has 2 heterocycles. The van der Waals surface area contributed by atoms with Gasteiger partial charge in [0.25, 0.3) is 0 Å². The zero-order valence-corrected chi connectivity index (χ0v) is 17.1. The number of rotatable bonds is 5. The second-order valence-corrected chi connectivity index (χ2v) is 7.33. The number of hydrogen-bond donors (Lipinski definition) is 0. The molecular formula is C22H15BrF3N3O. The Balaban J connectivity index is 1.77. The molecule has 0 aliphatic rings. The summed E-state index contributed by atoms with van der Waals surface area (Å²) in [7, 11) is 0. The summed E-state index contributed by atoms with van der Waals surface area (Å²) in [5, 5.41) is 4.11. The number of pyridine rings is 1. The summed E-state index contributed by atoms with van der Waals surface area (Å²) in [5.74, 6) is 0.229. The summed E-state index contributed by atoms with van der Waals surface area (Å²) in [6, 6.07) is 18.8. The minimum Gasteiger partial charge on any atom is -0.488 e. The lowest BCUT2D eigenvalue weighted by Gasteiger charge is -2.16. The highest BCUT2D eigenvalue weighted by molar-refractivity contribution is 9.10. The third-order valence-electron chi connectivity index (χ3n) is 4.39. The molecule has 30 heavy (non-hydrogen) atoms. The molecule has 0 radical (unpaired) electrons. The van der Waals surface area contributed by atoms with Crippen LogP contribution in [0.5, 0.6) is 5.75 Å². The number of hydrogen-bond acceptors (Lipinski definition) is 3. The van der Waals surface area contributed by atoms with Gasteiger partial charge in [0.15, 0.2) is 5.82 Å². The van der Waals surface area contributed by atoms with Crippen LogP contribution in [0.3, 0.4) is 0 Å². The van der Waals surface area contributed by atoms with E-state index in [9.17, 15) is 13.2 Å². The third-order valence-corrected chi connectivity index (χ3v) is 4.88. The predicted octanol–water partition coefficient (Wildman–Crippen LogP) is 6.29. The summed E-state index contributed by atoms with van der Waals surface area (Å²) in [6.45, 7) is 0.320. The molecule has 2 aromatic carbocycles. The average molecular weight is 474 g/mol. The van der Waals surface area contributed by atoms with Crippen molar-refractivity contribution in [3.8, 4) is 22.8 Å². The number of ether oxygens (including phenoxy) is 1. The molecule has 8 heteroatoms. The molecule has 0 spiro atoms. The number of halogens is 4. The van der Waals surface area contributed by atoms with Crippen molar-refractivity contribution >= 4 is 15.9 Å². The van der Waals surface area contributed by atoms with E-state index in [1.54, 1.807) is 18.2 Å². The van der Waals surface area contributed by atoms with Gasteiger partial charge in [-0.3, -0.25) is 0 Å². The molecular weight excluding hydrogens is 459 g/mol. The Kier molecular flexibility index (Phi) is 5.59. The zero-order chi connectivity index (χ0) is 21.1. The Morgan fingerprint density at radius 2 is 1.73 bits per heavy atom. The van der Waals surface area contributed by atoms with Crippen molar-refractivity contribution in [1.29, 1.82) is 0 Å². The largest absolute Gasteiger partial charge is 0.488 e. The van der Waals surface area contributed by atoms with Crippen LogP contribution in [0.15, 0.2) is 83.6 Å². The minimum atomic E-state index is -4.56. The van der Waals surface area contributed by atoms with Crippen LogP contribution >= 0.6 is 15.9 Å². The average Bonchev–Trinajstić information content (AvgIpc) is 3.22. The number of aromatic nitrogens is 3. The Morgan fingerprint density at radius 1 is 0.933 bits per heavy atom. The van der Waals surface area contributed by atoms with Crippen LogP contribution in [-0.4, -0.2) is 14.8 Å². The van der Waals surface area contributed by atoms with E-state index in [1.165, 1.54) is 23.1 Å². The van der Waals surface area contributed by atoms with Crippen LogP contribution in [0.1, 0.15) is 11.1 Å². The molecule has 0 amide bonds. The first-order chi connectivity index (χ1) is 14.4. The molecule has 0 atom stereocenters. The highest BCUT2D eigenvalue weighted by Crippen LogP contribution is 2.37. The highest BCUT2D eigenvalue weighted by Gasteiger charge is 2.35. The molecule has 4 rings (SSSR count). The van der Waals surface area contributed by atoms with E-state index < -0.39 is 11.7 Å². The van der Waals surface area contributed by atoms with Gasteiger partial charge < -0.3 is 4.74 Å². The van der Waals surface area contributed by atoms with Gasteiger partial charge in [-0.1, -0.05) is 46.3 Å². The second kappa shape index (κ2) is 8.31. The van der Waals surface area contributed by atoms with Crippen molar-refractivity contribution in [3.05, 3.63) is 94.7 Å². The van der Waals surface area contributed by atoms with Crippen molar-refractivity contribution in [2.45, 2.75) is 12.8 Å². The first kappa shape index (κ1) is 20.2. The van der Waals surface area contributed by atoms with E-state index in [0.29, 0.717) is 23.6 Å². The van der Waals surface area contributed by atoms with Crippen LogP contribution in [-0.2, 0) is 12.8 Å². The zero-order valence-electron chi connectivity index (χ0n) is 15.5.